The molecule has 0 aliphatic heterocycles. The van der Waals surface area contributed by atoms with Crippen molar-refractivity contribution in [2.75, 3.05) is 13.2 Å². The molecule has 4 heteroatoms. The molecule has 0 aromatic heterocycles. The van der Waals surface area contributed by atoms with Gasteiger partial charge in [0.1, 0.15) is 13.0 Å². The second kappa shape index (κ2) is 7.73. The Labute approximate surface area is 77.9 Å². The summed E-state index contributed by atoms with van der Waals surface area (Å²) in [6, 6.07) is 0. The van der Waals surface area contributed by atoms with Gasteiger partial charge in [-0.3, -0.25) is 9.59 Å². The maximum atomic E-state index is 10.8. The van der Waals surface area contributed by atoms with Crippen LogP contribution in [-0.4, -0.2) is 30.1 Å². The first-order valence-corrected chi connectivity index (χ1v) is 4.48. The monoisotopic (exact) mass is 188 g/mol. The van der Waals surface area contributed by atoms with E-state index in [0.29, 0.717) is 6.61 Å². The lowest BCUT2D eigenvalue weighted by atomic mass is 10.3. The van der Waals surface area contributed by atoms with Gasteiger partial charge in [0.2, 0.25) is 0 Å². The SMILES string of the molecule is CCCCCOCC(=O)CC(=O)O. The molecule has 1 N–H and O–H groups in total. The Hall–Kier alpha value is -0.900. The predicted molar refractivity (Wildman–Crippen MR) is 47.6 cm³/mol. The van der Waals surface area contributed by atoms with Crippen molar-refractivity contribution in [1.29, 1.82) is 0 Å². The van der Waals surface area contributed by atoms with Crippen LogP contribution >= 0.6 is 0 Å². The number of Topliss-reactive ketones (excluding diaryl/α,β-unsaturated/α-hetero) is 1. The number of ether oxygens (including phenoxy) is 1. The quantitative estimate of drug-likeness (QED) is 0.459. The Balaban J connectivity index is 3.22. The molecule has 4 nitrogen and oxygen atoms in total. The molecule has 0 radical (unpaired) electrons. The van der Waals surface area contributed by atoms with Gasteiger partial charge in [-0.25, -0.2) is 0 Å². The number of hydrogen-bond acceptors (Lipinski definition) is 3. The molecule has 0 aliphatic carbocycles. The highest BCUT2D eigenvalue weighted by atomic mass is 16.5. The summed E-state index contributed by atoms with van der Waals surface area (Å²) < 4.78 is 4.99. The van der Waals surface area contributed by atoms with E-state index in [-0.39, 0.29) is 12.4 Å². The summed E-state index contributed by atoms with van der Waals surface area (Å²) in [4.78, 5) is 20.8. The van der Waals surface area contributed by atoms with Gasteiger partial charge in [-0.05, 0) is 6.42 Å². The first kappa shape index (κ1) is 12.1. The van der Waals surface area contributed by atoms with Crippen LogP contribution in [0.3, 0.4) is 0 Å². The molecule has 76 valence electrons. The van der Waals surface area contributed by atoms with Crippen LogP contribution in [0.1, 0.15) is 32.6 Å². The minimum absolute atomic E-state index is 0.0734. The minimum atomic E-state index is -1.10. The number of hydrogen-bond donors (Lipinski definition) is 1. The van der Waals surface area contributed by atoms with E-state index in [1.54, 1.807) is 0 Å². The molecule has 13 heavy (non-hydrogen) atoms. The van der Waals surface area contributed by atoms with Crippen LogP contribution in [0.4, 0.5) is 0 Å². The number of unbranched alkanes of at least 4 members (excludes halogenated alkanes) is 2. The van der Waals surface area contributed by atoms with Crippen LogP contribution in [0, 0.1) is 0 Å². The number of carboxylic acid groups (broad SMARTS) is 1. The van der Waals surface area contributed by atoms with Crippen molar-refractivity contribution < 1.29 is 19.4 Å². The third-order valence-corrected chi connectivity index (χ3v) is 1.50. The lowest BCUT2D eigenvalue weighted by molar-refractivity contribution is -0.141. The second-order valence-electron chi connectivity index (χ2n) is 2.87. The lowest BCUT2D eigenvalue weighted by Gasteiger charge is -2.00. The molecular formula is C9H16O4. The van der Waals surface area contributed by atoms with Crippen molar-refractivity contribution in [3.63, 3.8) is 0 Å². The molecule has 0 atom stereocenters. The van der Waals surface area contributed by atoms with Gasteiger partial charge in [0.25, 0.3) is 0 Å². The molecule has 0 fully saturated rings. The van der Waals surface area contributed by atoms with Gasteiger partial charge in [-0.1, -0.05) is 19.8 Å². The fourth-order valence-electron chi connectivity index (χ4n) is 0.860. The lowest BCUT2D eigenvalue weighted by Crippen LogP contribution is -2.13. The molecule has 0 spiro atoms. The van der Waals surface area contributed by atoms with Crippen LogP contribution in [0.15, 0.2) is 0 Å². The standard InChI is InChI=1S/C9H16O4/c1-2-3-4-5-13-7-8(10)6-9(11)12/h2-7H2,1H3,(H,11,12). The highest BCUT2D eigenvalue weighted by Gasteiger charge is 2.06. The van der Waals surface area contributed by atoms with Gasteiger partial charge >= 0.3 is 5.97 Å². The normalized spacial score (nSPS) is 9.92. The maximum absolute atomic E-state index is 10.8. The zero-order chi connectivity index (χ0) is 10.1. The van der Waals surface area contributed by atoms with Crippen molar-refractivity contribution in [3.05, 3.63) is 0 Å². The third-order valence-electron chi connectivity index (χ3n) is 1.50. The summed E-state index contributed by atoms with van der Waals surface area (Å²) in [7, 11) is 0. The highest BCUT2D eigenvalue weighted by Crippen LogP contribution is 1.94. The van der Waals surface area contributed by atoms with Crippen molar-refractivity contribution in [1.82, 2.24) is 0 Å². The van der Waals surface area contributed by atoms with Crippen LogP contribution in [0.25, 0.3) is 0 Å². The van der Waals surface area contributed by atoms with E-state index in [1.807, 2.05) is 0 Å². The Morgan fingerprint density at radius 1 is 1.31 bits per heavy atom. The topological polar surface area (TPSA) is 63.6 Å². The van der Waals surface area contributed by atoms with Gasteiger partial charge < -0.3 is 9.84 Å². The molecule has 0 aromatic carbocycles. The van der Waals surface area contributed by atoms with Crippen LogP contribution in [0.5, 0.6) is 0 Å². The Morgan fingerprint density at radius 2 is 2.00 bits per heavy atom. The number of carbonyl (C=O) groups excluding carboxylic acids is 1. The summed E-state index contributed by atoms with van der Waals surface area (Å²) in [5, 5.41) is 8.25. The van der Waals surface area contributed by atoms with Crippen molar-refractivity contribution in [3.8, 4) is 0 Å². The molecule has 0 rings (SSSR count). The van der Waals surface area contributed by atoms with E-state index in [0.717, 1.165) is 19.3 Å². The fraction of sp³-hybridized carbons (Fsp3) is 0.778. The smallest absolute Gasteiger partial charge is 0.310 e. The Kier molecular flexibility index (Phi) is 7.20. The molecule has 0 saturated carbocycles. The maximum Gasteiger partial charge on any atom is 0.310 e. The number of aliphatic carboxylic acids is 1. The zero-order valence-electron chi connectivity index (χ0n) is 7.91. The summed E-state index contributed by atoms with van der Waals surface area (Å²) in [6.07, 6.45) is 2.67. The van der Waals surface area contributed by atoms with Gasteiger partial charge in [-0.2, -0.15) is 0 Å². The first-order chi connectivity index (χ1) is 6.16. The van der Waals surface area contributed by atoms with Crippen molar-refractivity contribution >= 4 is 11.8 Å². The van der Waals surface area contributed by atoms with Gasteiger partial charge in [0.15, 0.2) is 5.78 Å². The van der Waals surface area contributed by atoms with Gasteiger partial charge in [0.05, 0.1) is 0 Å². The van der Waals surface area contributed by atoms with E-state index >= 15 is 0 Å². The number of carbonyl (C=O) groups is 2. The van der Waals surface area contributed by atoms with Gasteiger partial charge in [0, 0.05) is 6.61 Å². The summed E-state index contributed by atoms with van der Waals surface area (Å²) in [5.41, 5.74) is 0. The first-order valence-electron chi connectivity index (χ1n) is 4.48. The van der Waals surface area contributed by atoms with E-state index in [1.165, 1.54) is 0 Å². The predicted octanol–water partition coefficient (Wildman–Crippen LogP) is 1.24. The average Bonchev–Trinajstić information content (AvgIpc) is 2.02. The summed E-state index contributed by atoms with van der Waals surface area (Å²) in [6.45, 7) is 2.55. The van der Waals surface area contributed by atoms with E-state index in [9.17, 15) is 9.59 Å². The van der Waals surface area contributed by atoms with Crippen LogP contribution in [0.2, 0.25) is 0 Å². The Bertz CT molecular complexity index is 165. The minimum Gasteiger partial charge on any atom is -0.481 e. The highest BCUT2D eigenvalue weighted by molar-refractivity contribution is 5.95. The van der Waals surface area contributed by atoms with Gasteiger partial charge in [-0.15, -0.1) is 0 Å². The Morgan fingerprint density at radius 3 is 2.54 bits per heavy atom. The number of carboxylic acids is 1. The third kappa shape index (κ3) is 9.01. The molecule has 0 saturated heterocycles. The van der Waals surface area contributed by atoms with Crippen LogP contribution in [-0.2, 0) is 14.3 Å². The zero-order valence-corrected chi connectivity index (χ0v) is 7.91. The average molecular weight is 188 g/mol. The molecule has 0 bridgehead atoms. The number of ketones is 1. The summed E-state index contributed by atoms with van der Waals surface area (Å²) >= 11 is 0. The molecule has 0 unspecified atom stereocenters. The van der Waals surface area contributed by atoms with Crippen molar-refractivity contribution in [2.24, 2.45) is 0 Å². The molecule has 0 aliphatic rings. The molecule has 0 aromatic rings. The molecular weight excluding hydrogens is 172 g/mol. The molecule has 0 heterocycles. The molecule has 0 amide bonds. The number of rotatable bonds is 8. The van der Waals surface area contributed by atoms with Crippen molar-refractivity contribution in [2.45, 2.75) is 32.6 Å². The summed E-state index contributed by atoms with van der Waals surface area (Å²) in [5.74, 6) is -1.47. The second-order valence-corrected chi connectivity index (χ2v) is 2.87. The van der Waals surface area contributed by atoms with E-state index < -0.39 is 12.4 Å². The largest absolute Gasteiger partial charge is 0.481 e. The van der Waals surface area contributed by atoms with Crippen LogP contribution < -0.4 is 0 Å². The van der Waals surface area contributed by atoms with E-state index in [2.05, 4.69) is 6.92 Å². The van der Waals surface area contributed by atoms with E-state index in [4.69, 9.17) is 9.84 Å². The fourth-order valence-corrected chi connectivity index (χ4v) is 0.860.